The van der Waals surface area contributed by atoms with Crippen LogP contribution < -0.4 is 0 Å². The summed E-state index contributed by atoms with van der Waals surface area (Å²) in [5, 5.41) is 20.1. The van der Waals surface area contributed by atoms with Gasteiger partial charge >= 0.3 is 0 Å². The zero-order valence-corrected chi connectivity index (χ0v) is 21.9. The topological polar surface area (TPSA) is 57.5 Å². The zero-order valence-electron chi connectivity index (χ0n) is 21.9. The van der Waals surface area contributed by atoms with Gasteiger partial charge in [-0.1, -0.05) is 62.8 Å². The number of hydrogen-bond donors (Lipinski definition) is 2. The van der Waals surface area contributed by atoms with Crippen LogP contribution in [0.15, 0.2) is 47.6 Å². The summed E-state index contributed by atoms with van der Waals surface area (Å²) in [7, 11) is 0. The van der Waals surface area contributed by atoms with Crippen molar-refractivity contribution in [2.24, 2.45) is 17.8 Å². The Labute approximate surface area is 203 Å². The number of aliphatic hydroxyl groups is 2. The Balaban J connectivity index is 2.27. The summed E-state index contributed by atoms with van der Waals surface area (Å²) in [6.07, 6.45) is 22.2. The molecule has 0 aromatic heterocycles. The van der Waals surface area contributed by atoms with Crippen molar-refractivity contribution in [3.05, 3.63) is 47.6 Å². The smallest absolute Gasteiger partial charge is 0.138 e. The van der Waals surface area contributed by atoms with E-state index in [0.29, 0.717) is 5.92 Å². The molecule has 0 heterocycles. The molecule has 0 spiro atoms. The number of ketones is 1. The van der Waals surface area contributed by atoms with Crippen LogP contribution in [0, 0.1) is 17.8 Å². The maximum atomic E-state index is 12.5. The average molecular weight is 459 g/mol. The number of rotatable bonds is 15. The van der Waals surface area contributed by atoms with Crippen molar-refractivity contribution < 1.29 is 15.0 Å². The van der Waals surface area contributed by atoms with Gasteiger partial charge in [-0.3, -0.25) is 4.79 Å². The third kappa shape index (κ3) is 13.8. The summed E-state index contributed by atoms with van der Waals surface area (Å²) in [5.41, 5.74) is 2.28. The Morgan fingerprint density at radius 3 is 2.36 bits per heavy atom. The maximum absolute atomic E-state index is 12.5. The molecule has 2 unspecified atom stereocenters. The molecule has 1 rings (SSSR count). The van der Waals surface area contributed by atoms with E-state index >= 15 is 0 Å². The van der Waals surface area contributed by atoms with Gasteiger partial charge in [0.25, 0.3) is 0 Å². The van der Waals surface area contributed by atoms with E-state index in [9.17, 15) is 15.0 Å². The molecule has 0 aromatic carbocycles. The molecule has 33 heavy (non-hydrogen) atoms. The first-order chi connectivity index (χ1) is 15.7. The SMILES string of the molecule is CC/C(C)=C/C=C/C=C/CCC(C)C(=O)CC(O)/C(C)=C/CC[C@H](C)CC1CCC(O)CC1. The summed E-state index contributed by atoms with van der Waals surface area (Å²) in [6.45, 7) is 10.5. The quantitative estimate of drug-likeness (QED) is 0.197. The first-order valence-electron chi connectivity index (χ1n) is 13.3. The fourth-order valence-electron chi connectivity index (χ4n) is 4.44. The zero-order chi connectivity index (χ0) is 24.6. The van der Waals surface area contributed by atoms with Gasteiger partial charge in [0.2, 0.25) is 0 Å². The molecule has 0 aromatic rings. The van der Waals surface area contributed by atoms with Gasteiger partial charge in [-0.2, -0.15) is 0 Å². The summed E-state index contributed by atoms with van der Waals surface area (Å²) < 4.78 is 0. The lowest BCUT2D eigenvalue weighted by molar-refractivity contribution is -0.124. The van der Waals surface area contributed by atoms with Gasteiger partial charge in [0, 0.05) is 12.3 Å². The average Bonchev–Trinajstić information content (AvgIpc) is 2.79. The molecule has 1 aliphatic carbocycles. The van der Waals surface area contributed by atoms with Crippen molar-refractivity contribution in [3.8, 4) is 0 Å². The minimum absolute atomic E-state index is 0.0302. The first-order valence-corrected chi connectivity index (χ1v) is 13.3. The lowest BCUT2D eigenvalue weighted by atomic mass is 9.81. The van der Waals surface area contributed by atoms with E-state index in [4.69, 9.17) is 0 Å². The van der Waals surface area contributed by atoms with E-state index in [1.807, 2.05) is 26.0 Å². The molecular weight excluding hydrogens is 408 g/mol. The molecule has 1 fully saturated rings. The van der Waals surface area contributed by atoms with E-state index in [2.05, 4.69) is 45.1 Å². The number of carbonyl (C=O) groups excluding carboxylic acids is 1. The number of Topliss-reactive ketones (excluding diaryl/α,β-unsaturated/α-hetero) is 1. The van der Waals surface area contributed by atoms with Crippen LogP contribution in [0.2, 0.25) is 0 Å². The molecule has 2 N–H and O–H groups in total. The fraction of sp³-hybridized carbons (Fsp3) is 0.700. The Bertz CT molecular complexity index is 662. The van der Waals surface area contributed by atoms with Crippen LogP contribution in [0.4, 0.5) is 0 Å². The lowest BCUT2D eigenvalue weighted by Gasteiger charge is -2.27. The van der Waals surface area contributed by atoms with Crippen LogP contribution in [-0.2, 0) is 4.79 Å². The number of aliphatic hydroxyl groups excluding tert-OH is 2. The lowest BCUT2D eigenvalue weighted by Crippen LogP contribution is -2.20. The van der Waals surface area contributed by atoms with E-state index in [0.717, 1.165) is 69.3 Å². The molecule has 0 saturated heterocycles. The van der Waals surface area contributed by atoms with Crippen molar-refractivity contribution in [2.45, 2.75) is 117 Å². The molecule has 0 bridgehead atoms. The first kappa shape index (κ1) is 29.6. The molecule has 0 aliphatic heterocycles. The minimum atomic E-state index is -0.665. The largest absolute Gasteiger partial charge is 0.393 e. The van der Waals surface area contributed by atoms with Crippen LogP contribution >= 0.6 is 0 Å². The Kier molecular flexibility index (Phi) is 15.3. The van der Waals surface area contributed by atoms with E-state index in [-0.39, 0.29) is 24.2 Å². The molecule has 3 heteroatoms. The van der Waals surface area contributed by atoms with Crippen LogP contribution in [0.1, 0.15) is 105 Å². The highest BCUT2D eigenvalue weighted by molar-refractivity contribution is 5.81. The van der Waals surface area contributed by atoms with Crippen LogP contribution in [0.5, 0.6) is 0 Å². The van der Waals surface area contributed by atoms with Gasteiger partial charge in [-0.25, -0.2) is 0 Å². The second-order valence-electron chi connectivity index (χ2n) is 10.4. The van der Waals surface area contributed by atoms with Crippen molar-refractivity contribution in [1.29, 1.82) is 0 Å². The highest BCUT2D eigenvalue weighted by atomic mass is 16.3. The molecule has 188 valence electrons. The fourth-order valence-corrected chi connectivity index (χ4v) is 4.44. The van der Waals surface area contributed by atoms with E-state index in [1.54, 1.807) is 0 Å². The second-order valence-corrected chi connectivity index (χ2v) is 10.4. The standard InChI is InChI=1S/C30H50O3/c1-6-23(2)13-10-8-7-9-11-15-25(4)29(32)22-30(33)26(5)16-12-14-24(3)21-27-17-19-28(31)20-18-27/h7-10,13,16,24-25,27-28,30-31,33H,6,11-12,14-15,17-22H2,1-5H3/b9-7+,10-8+,23-13+,26-16+/t24-,25?,27?,28?,30?/m0/s1. The van der Waals surface area contributed by atoms with E-state index in [1.165, 1.54) is 12.0 Å². The van der Waals surface area contributed by atoms with Gasteiger partial charge in [0.1, 0.15) is 5.78 Å². The number of allylic oxidation sites excluding steroid dienone is 7. The van der Waals surface area contributed by atoms with Crippen molar-refractivity contribution >= 4 is 5.78 Å². The molecule has 0 amide bonds. The van der Waals surface area contributed by atoms with Crippen molar-refractivity contribution in [3.63, 3.8) is 0 Å². The summed E-state index contributed by atoms with van der Waals surface area (Å²) in [4.78, 5) is 12.5. The minimum Gasteiger partial charge on any atom is -0.393 e. The number of carbonyl (C=O) groups is 1. The summed E-state index contributed by atoms with van der Waals surface area (Å²) in [6, 6.07) is 0. The Morgan fingerprint density at radius 2 is 1.70 bits per heavy atom. The normalized spacial score (nSPS) is 23.2. The highest BCUT2D eigenvalue weighted by Gasteiger charge is 2.21. The van der Waals surface area contributed by atoms with Gasteiger partial charge in [0.15, 0.2) is 0 Å². The van der Waals surface area contributed by atoms with Crippen LogP contribution in [0.3, 0.4) is 0 Å². The van der Waals surface area contributed by atoms with Crippen LogP contribution in [0.25, 0.3) is 0 Å². The van der Waals surface area contributed by atoms with Gasteiger partial charge in [-0.15, -0.1) is 0 Å². The highest BCUT2D eigenvalue weighted by Crippen LogP contribution is 2.30. The van der Waals surface area contributed by atoms with Crippen molar-refractivity contribution in [2.75, 3.05) is 0 Å². The molecule has 1 saturated carbocycles. The third-order valence-electron chi connectivity index (χ3n) is 7.21. The molecule has 3 atom stereocenters. The van der Waals surface area contributed by atoms with Gasteiger partial charge in [-0.05, 0) is 95.5 Å². The summed E-state index contributed by atoms with van der Waals surface area (Å²) >= 11 is 0. The third-order valence-corrected chi connectivity index (χ3v) is 7.21. The molecule has 1 aliphatic rings. The molecule has 3 nitrogen and oxygen atoms in total. The van der Waals surface area contributed by atoms with Gasteiger partial charge < -0.3 is 10.2 Å². The molecule has 0 radical (unpaired) electrons. The maximum Gasteiger partial charge on any atom is 0.138 e. The van der Waals surface area contributed by atoms with E-state index < -0.39 is 6.10 Å². The Hall–Kier alpha value is -1.45. The summed E-state index contributed by atoms with van der Waals surface area (Å²) in [5.74, 6) is 1.53. The second kappa shape index (κ2) is 17.1. The van der Waals surface area contributed by atoms with Gasteiger partial charge in [0.05, 0.1) is 12.2 Å². The molecular formula is C30H50O3. The predicted molar refractivity (Wildman–Crippen MR) is 141 cm³/mol. The monoisotopic (exact) mass is 458 g/mol. The van der Waals surface area contributed by atoms with Crippen LogP contribution in [-0.4, -0.2) is 28.2 Å². The van der Waals surface area contributed by atoms with Crippen molar-refractivity contribution in [1.82, 2.24) is 0 Å². The predicted octanol–water partition coefficient (Wildman–Crippen LogP) is 7.50. The number of hydrogen-bond acceptors (Lipinski definition) is 3. The Morgan fingerprint density at radius 1 is 1.00 bits per heavy atom.